The molecule has 1 amide bonds. The Balaban J connectivity index is 1.27. The molecule has 0 aliphatic carbocycles. The van der Waals surface area contributed by atoms with Crippen LogP contribution in [0.1, 0.15) is 29.6 Å². The van der Waals surface area contributed by atoms with E-state index < -0.39 is 0 Å². The van der Waals surface area contributed by atoms with Crippen LogP contribution >= 0.6 is 0 Å². The highest BCUT2D eigenvalue weighted by atomic mass is 16.5. The van der Waals surface area contributed by atoms with Gasteiger partial charge in [0.1, 0.15) is 17.7 Å². The van der Waals surface area contributed by atoms with E-state index >= 15 is 0 Å². The summed E-state index contributed by atoms with van der Waals surface area (Å²) in [5.41, 5.74) is 0.548. The molecule has 3 heterocycles. The molecule has 2 saturated heterocycles. The molecule has 150 valence electrons. The number of amides is 1. The number of para-hydroxylation sites is 1. The Kier molecular flexibility index (Phi) is 5.80. The normalized spacial score (nSPS) is 19.6. The number of likely N-dealkylation sites (tertiary alicyclic amines) is 1. The number of hydrogen-bond acceptors (Lipinski definition) is 6. The lowest BCUT2D eigenvalue weighted by Crippen LogP contribution is -2.39. The standard InChI is InChI=1S/C22H25N5O2/c23-16-26-11-8-18(15-26)25-22(28)17-6-7-21(24-14-17)27-12-9-20(10-13-27)29-19-4-2-1-3-5-19/h1-7,14,18,20H,8-13,15H2,(H,25,28). The second-order valence-corrected chi connectivity index (χ2v) is 7.53. The van der Waals surface area contributed by atoms with Gasteiger partial charge in [-0.25, -0.2) is 4.98 Å². The zero-order valence-electron chi connectivity index (χ0n) is 16.3. The van der Waals surface area contributed by atoms with E-state index in [-0.39, 0.29) is 18.1 Å². The molecule has 2 fully saturated rings. The number of nitrogens with one attached hydrogen (secondary N) is 1. The Labute approximate surface area is 170 Å². The number of hydrogen-bond donors (Lipinski definition) is 1. The van der Waals surface area contributed by atoms with Crippen molar-refractivity contribution in [2.75, 3.05) is 31.1 Å². The topological polar surface area (TPSA) is 81.5 Å². The first kappa shape index (κ1) is 19.1. The van der Waals surface area contributed by atoms with Gasteiger partial charge in [-0.3, -0.25) is 4.79 Å². The number of carbonyl (C=O) groups is 1. The Hall–Kier alpha value is -3.27. The zero-order chi connectivity index (χ0) is 20.1. The fourth-order valence-electron chi connectivity index (χ4n) is 3.84. The molecule has 7 nitrogen and oxygen atoms in total. The molecule has 2 aliphatic heterocycles. The van der Waals surface area contributed by atoms with Crippen LogP contribution in [-0.4, -0.2) is 54.1 Å². The monoisotopic (exact) mass is 391 g/mol. The van der Waals surface area contributed by atoms with Gasteiger partial charge in [0, 0.05) is 51.3 Å². The predicted octanol–water partition coefficient (Wildman–Crippen LogP) is 2.41. The maximum atomic E-state index is 12.4. The minimum atomic E-state index is -0.135. The number of aromatic nitrogens is 1. The number of anilines is 1. The van der Waals surface area contributed by atoms with Crippen molar-refractivity contribution in [3.8, 4) is 11.9 Å². The fraction of sp³-hybridized carbons (Fsp3) is 0.409. The molecule has 0 bridgehead atoms. The van der Waals surface area contributed by atoms with E-state index in [9.17, 15) is 4.79 Å². The third kappa shape index (κ3) is 4.77. The number of pyridine rings is 1. The fourth-order valence-corrected chi connectivity index (χ4v) is 3.84. The van der Waals surface area contributed by atoms with Gasteiger partial charge in [0.25, 0.3) is 5.91 Å². The van der Waals surface area contributed by atoms with E-state index in [1.807, 2.05) is 42.5 Å². The molecule has 2 aromatic rings. The summed E-state index contributed by atoms with van der Waals surface area (Å²) >= 11 is 0. The lowest BCUT2D eigenvalue weighted by Gasteiger charge is -2.33. The third-order valence-electron chi connectivity index (χ3n) is 5.49. The minimum absolute atomic E-state index is 0.0190. The lowest BCUT2D eigenvalue weighted by atomic mass is 10.1. The average molecular weight is 391 g/mol. The molecule has 4 rings (SSSR count). The highest BCUT2D eigenvalue weighted by molar-refractivity contribution is 5.94. The summed E-state index contributed by atoms with van der Waals surface area (Å²) in [6.07, 6.45) is 6.65. The maximum Gasteiger partial charge on any atom is 0.253 e. The number of nitrogens with zero attached hydrogens (tertiary/aromatic N) is 4. The highest BCUT2D eigenvalue weighted by Gasteiger charge is 2.24. The van der Waals surface area contributed by atoms with Gasteiger partial charge in [-0.1, -0.05) is 18.2 Å². The molecule has 0 saturated carbocycles. The van der Waals surface area contributed by atoms with Crippen molar-refractivity contribution in [2.45, 2.75) is 31.4 Å². The molecule has 1 aromatic carbocycles. The molecule has 2 aliphatic rings. The minimum Gasteiger partial charge on any atom is -0.490 e. The van der Waals surface area contributed by atoms with E-state index in [0.29, 0.717) is 18.7 Å². The highest BCUT2D eigenvalue weighted by Crippen LogP contribution is 2.22. The summed E-state index contributed by atoms with van der Waals surface area (Å²) in [7, 11) is 0. The van der Waals surface area contributed by atoms with Gasteiger partial charge in [0.05, 0.1) is 5.56 Å². The summed E-state index contributed by atoms with van der Waals surface area (Å²) in [5.74, 6) is 1.67. The molecular weight excluding hydrogens is 366 g/mol. The largest absolute Gasteiger partial charge is 0.490 e. The first-order valence-corrected chi connectivity index (χ1v) is 10.1. The van der Waals surface area contributed by atoms with Crippen LogP contribution in [0.3, 0.4) is 0 Å². The zero-order valence-corrected chi connectivity index (χ0v) is 16.3. The predicted molar refractivity (Wildman–Crippen MR) is 110 cm³/mol. The van der Waals surface area contributed by atoms with E-state index in [2.05, 4.69) is 21.4 Å². The second kappa shape index (κ2) is 8.82. The third-order valence-corrected chi connectivity index (χ3v) is 5.49. The average Bonchev–Trinajstić information content (AvgIpc) is 3.23. The summed E-state index contributed by atoms with van der Waals surface area (Å²) in [6, 6.07) is 13.7. The number of nitriles is 1. The van der Waals surface area contributed by atoms with Crippen molar-refractivity contribution in [1.29, 1.82) is 5.26 Å². The maximum absolute atomic E-state index is 12.4. The number of rotatable bonds is 5. The molecule has 0 radical (unpaired) electrons. The van der Waals surface area contributed by atoms with Crippen LogP contribution < -0.4 is 15.0 Å². The summed E-state index contributed by atoms with van der Waals surface area (Å²) in [4.78, 5) is 20.8. The molecule has 1 aromatic heterocycles. The number of piperidine rings is 1. The van der Waals surface area contributed by atoms with E-state index in [0.717, 1.165) is 43.9 Å². The first-order chi connectivity index (χ1) is 14.2. The molecule has 7 heteroatoms. The van der Waals surface area contributed by atoms with E-state index in [1.165, 1.54) is 0 Å². The number of ether oxygens (including phenoxy) is 1. The molecule has 29 heavy (non-hydrogen) atoms. The Morgan fingerprint density at radius 1 is 1.10 bits per heavy atom. The van der Waals surface area contributed by atoms with Gasteiger partial charge in [-0.2, -0.15) is 5.26 Å². The van der Waals surface area contributed by atoms with Crippen molar-refractivity contribution in [2.24, 2.45) is 0 Å². The van der Waals surface area contributed by atoms with Crippen molar-refractivity contribution < 1.29 is 9.53 Å². The van der Waals surface area contributed by atoms with Gasteiger partial charge in [-0.05, 0) is 30.7 Å². The SMILES string of the molecule is N#CN1CCC(NC(=O)c2ccc(N3CCC(Oc4ccccc4)CC3)nc2)C1. The first-order valence-electron chi connectivity index (χ1n) is 10.1. The Morgan fingerprint density at radius 2 is 1.90 bits per heavy atom. The van der Waals surface area contributed by atoms with Crippen LogP contribution in [0.5, 0.6) is 5.75 Å². The molecular formula is C22H25N5O2. The molecule has 1 atom stereocenters. The summed E-state index contributed by atoms with van der Waals surface area (Å²) < 4.78 is 6.05. The Morgan fingerprint density at radius 3 is 2.55 bits per heavy atom. The van der Waals surface area contributed by atoms with Crippen molar-refractivity contribution >= 4 is 11.7 Å². The van der Waals surface area contributed by atoms with Crippen LogP contribution in [0.15, 0.2) is 48.7 Å². The van der Waals surface area contributed by atoms with Crippen LogP contribution in [0.2, 0.25) is 0 Å². The van der Waals surface area contributed by atoms with Crippen molar-refractivity contribution in [3.63, 3.8) is 0 Å². The van der Waals surface area contributed by atoms with Gasteiger partial charge < -0.3 is 19.9 Å². The van der Waals surface area contributed by atoms with Gasteiger partial charge in [0.15, 0.2) is 6.19 Å². The summed E-state index contributed by atoms with van der Waals surface area (Å²) in [5, 5.41) is 11.9. The lowest BCUT2D eigenvalue weighted by molar-refractivity contribution is 0.0938. The number of benzene rings is 1. The quantitative estimate of drug-likeness (QED) is 0.789. The molecule has 1 N–H and O–H groups in total. The summed E-state index contributed by atoms with van der Waals surface area (Å²) in [6.45, 7) is 3.03. The second-order valence-electron chi connectivity index (χ2n) is 7.53. The van der Waals surface area contributed by atoms with Gasteiger partial charge >= 0.3 is 0 Å². The smallest absolute Gasteiger partial charge is 0.253 e. The van der Waals surface area contributed by atoms with Gasteiger partial charge in [-0.15, -0.1) is 0 Å². The van der Waals surface area contributed by atoms with Crippen molar-refractivity contribution in [1.82, 2.24) is 15.2 Å². The van der Waals surface area contributed by atoms with Crippen LogP contribution in [0.25, 0.3) is 0 Å². The van der Waals surface area contributed by atoms with E-state index in [4.69, 9.17) is 10.00 Å². The van der Waals surface area contributed by atoms with Gasteiger partial charge in [0.2, 0.25) is 0 Å². The van der Waals surface area contributed by atoms with Crippen LogP contribution in [0, 0.1) is 11.5 Å². The van der Waals surface area contributed by atoms with Crippen molar-refractivity contribution in [3.05, 3.63) is 54.2 Å². The molecule has 0 spiro atoms. The number of carbonyl (C=O) groups excluding carboxylic acids is 1. The Bertz CT molecular complexity index is 857. The molecule has 1 unspecified atom stereocenters. The van der Waals surface area contributed by atoms with Crippen LogP contribution in [0.4, 0.5) is 5.82 Å². The van der Waals surface area contributed by atoms with E-state index in [1.54, 1.807) is 11.1 Å². The van der Waals surface area contributed by atoms with Crippen LogP contribution in [-0.2, 0) is 0 Å².